The molecule has 0 unspecified atom stereocenters. The summed E-state index contributed by atoms with van der Waals surface area (Å²) in [4.78, 5) is 37.7. The molecule has 10 nitrogen and oxygen atoms in total. The van der Waals surface area contributed by atoms with Crippen LogP contribution in [0.1, 0.15) is 46.0 Å². The zero-order valence-corrected chi connectivity index (χ0v) is 19.1. The van der Waals surface area contributed by atoms with E-state index in [1.54, 1.807) is 30.3 Å². The molecule has 35 heavy (non-hydrogen) atoms. The molecule has 2 aromatic carbocycles. The van der Waals surface area contributed by atoms with Gasteiger partial charge in [0.25, 0.3) is 0 Å². The van der Waals surface area contributed by atoms with Gasteiger partial charge in [-0.3, -0.25) is 0 Å². The van der Waals surface area contributed by atoms with Crippen LogP contribution in [-0.2, 0) is 30.3 Å². The summed E-state index contributed by atoms with van der Waals surface area (Å²) in [5, 5.41) is 30.7. The molecule has 188 valence electrons. The highest BCUT2D eigenvalue weighted by Crippen LogP contribution is 2.25. The van der Waals surface area contributed by atoms with Crippen LogP contribution in [0.5, 0.6) is 0 Å². The highest BCUT2D eigenvalue weighted by Gasteiger charge is 2.49. The molecule has 5 atom stereocenters. The second-order valence-corrected chi connectivity index (χ2v) is 7.93. The van der Waals surface area contributed by atoms with Crippen molar-refractivity contribution in [1.29, 1.82) is 0 Å². The molecular weight excluding hydrogens is 460 g/mol. The fraction of sp³-hybridized carbons (Fsp3) is 0.400. The van der Waals surface area contributed by atoms with Crippen LogP contribution in [0.2, 0.25) is 0 Å². The van der Waals surface area contributed by atoms with Gasteiger partial charge in [-0.2, -0.15) is 0 Å². The minimum absolute atomic E-state index is 0.0571. The zero-order chi connectivity index (χ0) is 25.4. The molecule has 10 heteroatoms. The van der Waals surface area contributed by atoms with Gasteiger partial charge in [0, 0.05) is 0 Å². The third-order valence-corrected chi connectivity index (χ3v) is 5.35. The molecule has 0 aliphatic carbocycles. The third-order valence-electron chi connectivity index (χ3n) is 5.35. The van der Waals surface area contributed by atoms with E-state index >= 15 is 0 Å². The summed E-state index contributed by atoms with van der Waals surface area (Å²) in [5.74, 6) is -2.81. The van der Waals surface area contributed by atoms with E-state index in [1.807, 2.05) is 6.92 Å². The van der Waals surface area contributed by atoms with Crippen LogP contribution < -0.4 is 0 Å². The Morgan fingerprint density at radius 2 is 1.46 bits per heavy atom. The van der Waals surface area contributed by atoms with Gasteiger partial charge in [0.2, 0.25) is 6.29 Å². The fourth-order valence-corrected chi connectivity index (χ4v) is 3.35. The van der Waals surface area contributed by atoms with Gasteiger partial charge >= 0.3 is 17.9 Å². The Hall–Kier alpha value is -3.31. The van der Waals surface area contributed by atoms with Crippen molar-refractivity contribution in [3.8, 4) is 0 Å². The van der Waals surface area contributed by atoms with Crippen LogP contribution in [0.4, 0.5) is 0 Å². The summed E-state index contributed by atoms with van der Waals surface area (Å²) < 4.78 is 20.8. The number of aliphatic hydroxyl groups is 3. The first kappa shape index (κ1) is 26.3. The summed E-state index contributed by atoms with van der Waals surface area (Å²) in [6.45, 7) is 1.99. The lowest BCUT2D eigenvalue weighted by Crippen LogP contribution is -2.60. The quantitative estimate of drug-likeness (QED) is 0.268. The van der Waals surface area contributed by atoms with Crippen LogP contribution in [0, 0.1) is 0 Å². The van der Waals surface area contributed by atoms with E-state index in [-0.39, 0.29) is 24.3 Å². The van der Waals surface area contributed by atoms with Crippen molar-refractivity contribution in [3.05, 3.63) is 71.3 Å². The average molecular weight is 488 g/mol. The van der Waals surface area contributed by atoms with Gasteiger partial charge in [0.1, 0.15) is 24.9 Å². The third kappa shape index (κ3) is 6.64. The van der Waals surface area contributed by atoms with Gasteiger partial charge in [-0.05, 0) is 24.1 Å². The fourth-order valence-electron chi connectivity index (χ4n) is 3.35. The summed E-state index contributed by atoms with van der Waals surface area (Å²) >= 11 is 0. The van der Waals surface area contributed by atoms with Crippen molar-refractivity contribution < 1.29 is 48.7 Å². The smallest absolute Gasteiger partial charge is 0.341 e. The number of esters is 3. The summed E-state index contributed by atoms with van der Waals surface area (Å²) in [5.41, 5.74) is 0.462. The molecule has 1 saturated heterocycles. The van der Waals surface area contributed by atoms with Gasteiger partial charge in [-0.1, -0.05) is 55.8 Å². The normalized spacial score (nSPS) is 23.8. The molecule has 3 rings (SSSR count). The second kappa shape index (κ2) is 12.4. The van der Waals surface area contributed by atoms with E-state index in [1.165, 1.54) is 24.3 Å². The summed E-state index contributed by atoms with van der Waals surface area (Å²) in [6.07, 6.45) is -7.65. The maximum absolute atomic E-state index is 12.8. The molecule has 1 aliphatic heterocycles. The number of hydrogen-bond acceptors (Lipinski definition) is 10. The first-order chi connectivity index (χ1) is 16.8. The maximum Gasteiger partial charge on any atom is 0.341 e. The molecule has 3 N–H and O–H groups in total. The number of benzene rings is 2. The molecule has 1 aliphatic rings. The summed E-state index contributed by atoms with van der Waals surface area (Å²) in [6, 6.07) is 14.5. The van der Waals surface area contributed by atoms with Gasteiger partial charge in [0.05, 0.1) is 17.7 Å². The number of unbranched alkanes of at least 4 members (excludes halogenated alkanes) is 1. The molecule has 0 aromatic heterocycles. The minimum Gasteiger partial charge on any atom is -0.462 e. The maximum atomic E-state index is 12.8. The Kier molecular flexibility index (Phi) is 9.32. The highest BCUT2D eigenvalue weighted by atomic mass is 16.7. The predicted octanol–water partition coefficient (Wildman–Crippen LogP) is 1.35. The van der Waals surface area contributed by atoms with Crippen LogP contribution in [0.3, 0.4) is 0 Å². The molecule has 1 fully saturated rings. The molecule has 0 radical (unpaired) electrons. The van der Waals surface area contributed by atoms with E-state index in [2.05, 4.69) is 0 Å². The molecule has 0 bridgehead atoms. The molecular formula is C25H28O10. The van der Waals surface area contributed by atoms with E-state index in [0.717, 1.165) is 6.42 Å². The first-order valence-corrected chi connectivity index (χ1v) is 11.2. The number of rotatable bonds is 9. The van der Waals surface area contributed by atoms with Crippen molar-refractivity contribution in [3.63, 3.8) is 0 Å². The molecule has 0 saturated carbocycles. The predicted molar refractivity (Wildman–Crippen MR) is 120 cm³/mol. The standard InChI is InChI=1S/C25H28O10/c1-2-3-13-32-22(29)16-11-7-8-12-17(16)23(30)35-25-20(28)18(26)19(27)21(34-25)24(31)33-14-15-9-5-4-6-10-15/h4-12,18-21,25-28H,2-3,13-14H2,1H3/t18-,19-,20+,21-,25-/m0/s1. The first-order valence-electron chi connectivity index (χ1n) is 11.2. The van der Waals surface area contributed by atoms with Crippen molar-refractivity contribution in [2.24, 2.45) is 0 Å². The van der Waals surface area contributed by atoms with Crippen molar-refractivity contribution in [2.75, 3.05) is 6.61 Å². The van der Waals surface area contributed by atoms with Crippen LogP contribution in [0.15, 0.2) is 54.6 Å². The molecule has 1 heterocycles. The largest absolute Gasteiger partial charge is 0.462 e. The molecule has 0 spiro atoms. The number of aliphatic hydroxyl groups excluding tert-OH is 3. The minimum atomic E-state index is -1.87. The summed E-state index contributed by atoms with van der Waals surface area (Å²) in [7, 11) is 0. The topological polar surface area (TPSA) is 149 Å². The van der Waals surface area contributed by atoms with Gasteiger partial charge in [-0.25, -0.2) is 14.4 Å². The monoisotopic (exact) mass is 488 g/mol. The number of ether oxygens (including phenoxy) is 4. The van der Waals surface area contributed by atoms with Crippen molar-refractivity contribution in [1.82, 2.24) is 0 Å². The Labute approximate surface area is 202 Å². The molecule has 0 amide bonds. The lowest BCUT2D eigenvalue weighted by Gasteiger charge is -2.38. The Morgan fingerprint density at radius 1 is 0.829 bits per heavy atom. The number of carbonyl (C=O) groups excluding carboxylic acids is 3. The second-order valence-electron chi connectivity index (χ2n) is 7.93. The Bertz CT molecular complexity index is 1010. The highest BCUT2D eigenvalue weighted by molar-refractivity contribution is 6.03. The lowest BCUT2D eigenvalue weighted by molar-refractivity contribution is -0.280. The van der Waals surface area contributed by atoms with Crippen LogP contribution in [0.25, 0.3) is 0 Å². The number of hydrogen-bond donors (Lipinski definition) is 3. The van der Waals surface area contributed by atoms with Crippen LogP contribution >= 0.6 is 0 Å². The van der Waals surface area contributed by atoms with Gasteiger partial charge in [0.15, 0.2) is 6.10 Å². The van der Waals surface area contributed by atoms with Crippen LogP contribution in [-0.4, -0.2) is 70.5 Å². The Balaban J connectivity index is 1.69. The SMILES string of the molecule is CCCCOC(=O)c1ccccc1C(=O)O[C@@H]1O[C@H](C(=O)OCc2ccccc2)[C@@H](O)[C@H](O)[C@H]1O. The van der Waals surface area contributed by atoms with Crippen molar-refractivity contribution in [2.45, 2.75) is 57.1 Å². The number of carbonyl (C=O) groups is 3. The Morgan fingerprint density at radius 3 is 2.11 bits per heavy atom. The van der Waals surface area contributed by atoms with E-state index in [4.69, 9.17) is 18.9 Å². The van der Waals surface area contributed by atoms with E-state index < -0.39 is 48.6 Å². The average Bonchev–Trinajstić information content (AvgIpc) is 2.88. The van der Waals surface area contributed by atoms with E-state index in [0.29, 0.717) is 12.0 Å². The zero-order valence-electron chi connectivity index (χ0n) is 19.1. The lowest BCUT2D eigenvalue weighted by atomic mass is 9.99. The van der Waals surface area contributed by atoms with Gasteiger partial charge in [-0.15, -0.1) is 0 Å². The molecule has 2 aromatic rings. The van der Waals surface area contributed by atoms with Crippen molar-refractivity contribution >= 4 is 17.9 Å². The van der Waals surface area contributed by atoms with E-state index in [9.17, 15) is 29.7 Å². The van der Waals surface area contributed by atoms with Gasteiger partial charge < -0.3 is 34.3 Å².